The van der Waals surface area contributed by atoms with E-state index in [1.807, 2.05) is 10.7 Å². The molecule has 1 aromatic heterocycles. The van der Waals surface area contributed by atoms with Crippen LogP contribution in [-0.2, 0) is 6.54 Å². The molecular formula is C13H16N4O2. The molecule has 19 heavy (non-hydrogen) atoms. The number of likely N-dealkylation sites (N-methyl/N-ethyl adjacent to an activating group) is 1. The number of nitrogens with zero attached hydrogens (tertiary/aromatic N) is 4. The quantitative estimate of drug-likeness (QED) is 0.898. The van der Waals surface area contributed by atoms with Gasteiger partial charge in [0.05, 0.1) is 17.6 Å². The fourth-order valence-electron chi connectivity index (χ4n) is 2.71. The topological polar surface area (TPSA) is 71.2 Å². The number of benzene rings is 1. The van der Waals surface area contributed by atoms with Crippen LogP contribution >= 0.6 is 0 Å². The van der Waals surface area contributed by atoms with Crippen LogP contribution in [0.15, 0.2) is 18.2 Å². The molecule has 2 aromatic rings. The van der Waals surface area contributed by atoms with Gasteiger partial charge in [-0.2, -0.15) is 0 Å². The zero-order valence-corrected chi connectivity index (χ0v) is 10.8. The Hall–Kier alpha value is -1.95. The van der Waals surface area contributed by atoms with E-state index in [9.17, 15) is 4.79 Å². The summed E-state index contributed by atoms with van der Waals surface area (Å²) >= 11 is 0. The molecule has 100 valence electrons. The van der Waals surface area contributed by atoms with Crippen molar-refractivity contribution in [1.29, 1.82) is 0 Å². The monoisotopic (exact) mass is 260 g/mol. The van der Waals surface area contributed by atoms with Crippen molar-refractivity contribution in [2.24, 2.45) is 0 Å². The minimum atomic E-state index is -0.962. The van der Waals surface area contributed by atoms with Crippen LogP contribution in [0.4, 0.5) is 0 Å². The van der Waals surface area contributed by atoms with Crippen molar-refractivity contribution < 1.29 is 9.90 Å². The van der Waals surface area contributed by atoms with Gasteiger partial charge in [-0.25, -0.2) is 9.48 Å². The standard InChI is InChI=1S/C13H16N4O2/c1-16-7-3-4-9(16)8-17-11-6-2-5-10(13(18)19)12(11)14-15-17/h2,5-6,9H,3-4,7-8H2,1H3,(H,18,19). The molecule has 1 aliphatic heterocycles. The molecule has 0 amide bonds. The lowest BCUT2D eigenvalue weighted by Crippen LogP contribution is -2.29. The van der Waals surface area contributed by atoms with E-state index in [1.165, 1.54) is 6.42 Å². The Morgan fingerprint density at radius 1 is 1.53 bits per heavy atom. The highest BCUT2D eigenvalue weighted by atomic mass is 16.4. The van der Waals surface area contributed by atoms with Crippen LogP contribution in [0.5, 0.6) is 0 Å². The lowest BCUT2D eigenvalue weighted by molar-refractivity contribution is 0.0699. The molecular weight excluding hydrogens is 244 g/mol. The molecule has 1 aromatic carbocycles. The molecule has 6 heteroatoms. The van der Waals surface area contributed by atoms with Crippen molar-refractivity contribution >= 4 is 17.0 Å². The lowest BCUT2D eigenvalue weighted by atomic mass is 10.2. The third-order valence-electron chi connectivity index (χ3n) is 3.83. The molecule has 1 aliphatic rings. The summed E-state index contributed by atoms with van der Waals surface area (Å²) in [6.45, 7) is 1.87. The summed E-state index contributed by atoms with van der Waals surface area (Å²) < 4.78 is 1.81. The predicted molar refractivity (Wildman–Crippen MR) is 70.1 cm³/mol. The van der Waals surface area contributed by atoms with Gasteiger partial charge >= 0.3 is 5.97 Å². The van der Waals surface area contributed by atoms with E-state index < -0.39 is 5.97 Å². The highest BCUT2D eigenvalue weighted by Crippen LogP contribution is 2.20. The average molecular weight is 260 g/mol. The molecule has 3 rings (SSSR count). The zero-order chi connectivity index (χ0) is 13.4. The van der Waals surface area contributed by atoms with Crippen LogP contribution in [0, 0.1) is 0 Å². The number of hydrogen-bond donors (Lipinski definition) is 1. The van der Waals surface area contributed by atoms with Crippen LogP contribution in [0.1, 0.15) is 23.2 Å². The molecule has 1 saturated heterocycles. The number of aromatic carboxylic acids is 1. The minimum Gasteiger partial charge on any atom is -0.478 e. The minimum absolute atomic E-state index is 0.212. The highest BCUT2D eigenvalue weighted by Gasteiger charge is 2.23. The smallest absolute Gasteiger partial charge is 0.338 e. The molecule has 0 bridgehead atoms. The van der Waals surface area contributed by atoms with Gasteiger partial charge in [0.2, 0.25) is 0 Å². The maximum Gasteiger partial charge on any atom is 0.338 e. The van der Waals surface area contributed by atoms with Gasteiger partial charge in [-0.15, -0.1) is 5.10 Å². The number of likely N-dealkylation sites (tertiary alicyclic amines) is 1. The Balaban J connectivity index is 1.97. The first-order chi connectivity index (χ1) is 9.16. The summed E-state index contributed by atoms with van der Waals surface area (Å²) in [5.41, 5.74) is 1.47. The normalized spacial score (nSPS) is 20.2. The van der Waals surface area contributed by atoms with Gasteiger partial charge in [0.1, 0.15) is 5.52 Å². The van der Waals surface area contributed by atoms with Gasteiger partial charge in [-0.05, 0) is 38.6 Å². The second-order valence-corrected chi connectivity index (χ2v) is 5.03. The molecule has 0 saturated carbocycles. The third-order valence-corrected chi connectivity index (χ3v) is 3.83. The highest BCUT2D eigenvalue weighted by molar-refractivity contribution is 6.00. The van der Waals surface area contributed by atoms with Crippen LogP contribution in [0.25, 0.3) is 11.0 Å². The second kappa shape index (κ2) is 4.62. The van der Waals surface area contributed by atoms with E-state index in [0.717, 1.165) is 25.0 Å². The van der Waals surface area contributed by atoms with E-state index in [0.29, 0.717) is 11.6 Å². The Morgan fingerprint density at radius 2 is 2.37 bits per heavy atom. The summed E-state index contributed by atoms with van der Waals surface area (Å²) in [7, 11) is 2.11. The van der Waals surface area contributed by atoms with Gasteiger partial charge in [0.15, 0.2) is 0 Å². The molecule has 0 aliphatic carbocycles. The van der Waals surface area contributed by atoms with E-state index in [1.54, 1.807) is 12.1 Å². The first-order valence-corrected chi connectivity index (χ1v) is 6.42. The molecule has 0 spiro atoms. The Labute approximate surface area is 110 Å². The predicted octanol–water partition coefficient (Wildman–Crippen LogP) is 1.22. The number of hydrogen-bond acceptors (Lipinski definition) is 4. The first-order valence-electron chi connectivity index (χ1n) is 6.42. The fraction of sp³-hybridized carbons (Fsp3) is 0.462. The van der Waals surface area contributed by atoms with Crippen molar-refractivity contribution in [2.75, 3.05) is 13.6 Å². The summed E-state index contributed by atoms with van der Waals surface area (Å²) in [6.07, 6.45) is 2.35. The van der Waals surface area contributed by atoms with Crippen molar-refractivity contribution in [2.45, 2.75) is 25.4 Å². The Kier molecular flexibility index (Phi) is 2.94. The van der Waals surface area contributed by atoms with E-state index in [2.05, 4.69) is 22.3 Å². The third kappa shape index (κ3) is 2.08. The van der Waals surface area contributed by atoms with Crippen LogP contribution in [-0.4, -0.2) is 50.6 Å². The summed E-state index contributed by atoms with van der Waals surface area (Å²) in [6, 6.07) is 5.63. The molecule has 1 unspecified atom stereocenters. The fourth-order valence-corrected chi connectivity index (χ4v) is 2.71. The maximum absolute atomic E-state index is 11.1. The number of carboxylic acids is 1. The van der Waals surface area contributed by atoms with Crippen LogP contribution in [0.2, 0.25) is 0 Å². The number of carbonyl (C=O) groups is 1. The van der Waals surface area contributed by atoms with Crippen molar-refractivity contribution in [1.82, 2.24) is 19.9 Å². The zero-order valence-electron chi connectivity index (χ0n) is 10.8. The second-order valence-electron chi connectivity index (χ2n) is 5.03. The number of rotatable bonds is 3. The lowest BCUT2D eigenvalue weighted by Gasteiger charge is -2.19. The van der Waals surface area contributed by atoms with Gasteiger partial charge in [0.25, 0.3) is 0 Å². The first kappa shape index (κ1) is 12.1. The SMILES string of the molecule is CN1CCCC1Cn1nnc2c(C(=O)O)cccc21. The van der Waals surface area contributed by atoms with Gasteiger partial charge in [0, 0.05) is 6.04 Å². The van der Waals surface area contributed by atoms with E-state index >= 15 is 0 Å². The molecule has 1 fully saturated rings. The van der Waals surface area contributed by atoms with Gasteiger partial charge in [-0.1, -0.05) is 11.3 Å². The van der Waals surface area contributed by atoms with E-state index in [-0.39, 0.29) is 5.56 Å². The van der Waals surface area contributed by atoms with Gasteiger partial charge in [-0.3, -0.25) is 0 Å². The summed E-state index contributed by atoms with van der Waals surface area (Å²) in [4.78, 5) is 13.4. The van der Waals surface area contributed by atoms with Crippen LogP contribution in [0.3, 0.4) is 0 Å². The number of carboxylic acid groups (broad SMARTS) is 1. The van der Waals surface area contributed by atoms with Crippen molar-refractivity contribution in [3.63, 3.8) is 0 Å². The van der Waals surface area contributed by atoms with Crippen molar-refractivity contribution in [3.8, 4) is 0 Å². The Morgan fingerprint density at radius 3 is 3.05 bits per heavy atom. The number of aromatic nitrogens is 3. The number of fused-ring (bicyclic) bond motifs is 1. The molecule has 2 heterocycles. The van der Waals surface area contributed by atoms with Crippen LogP contribution < -0.4 is 0 Å². The molecule has 6 nitrogen and oxygen atoms in total. The molecule has 1 atom stereocenters. The van der Waals surface area contributed by atoms with Gasteiger partial charge < -0.3 is 10.0 Å². The van der Waals surface area contributed by atoms with E-state index in [4.69, 9.17) is 5.11 Å². The maximum atomic E-state index is 11.1. The summed E-state index contributed by atoms with van der Waals surface area (Å²) in [5.74, 6) is -0.962. The Bertz CT molecular complexity index is 622. The average Bonchev–Trinajstić information content (AvgIpc) is 2.97. The molecule has 0 radical (unpaired) electrons. The largest absolute Gasteiger partial charge is 0.478 e. The molecule has 1 N–H and O–H groups in total. The summed E-state index contributed by atoms with van der Waals surface area (Å²) in [5, 5.41) is 17.3. The van der Waals surface area contributed by atoms with Crippen molar-refractivity contribution in [3.05, 3.63) is 23.8 Å².